The zero-order valence-corrected chi connectivity index (χ0v) is 11.9. The Hall–Kier alpha value is -1.00. The first-order valence-electron chi connectivity index (χ1n) is 7.61. The Bertz CT molecular complexity index is 412. The highest BCUT2D eigenvalue weighted by Gasteiger charge is 2.27. The van der Waals surface area contributed by atoms with Gasteiger partial charge in [0.05, 0.1) is 0 Å². The Balaban J connectivity index is 1.57. The molecule has 2 aliphatic rings. The molecule has 0 N–H and O–H groups in total. The van der Waals surface area contributed by atoms with Crippen LogP contribution in [0.25, 0.3) is 0 Å². The quantitative estimate of drug-likeness (QED) is 0.828. The van der Waals surface area contributed by atoms with Crippen LogP contribution in [0.2, 0.25) is 0 Å². The molecule has 0 aliphatic carbocycles. The van der Waals surface area contributed by atoms with Gasteiger partial charge < -0.3 is 4.90 Å². The molecular weight excluding hydrogens is 236 g/mol. The first kappa shape index (κ1) is 13.0. The van der Waals surface area contributed by atoms with Gasteiger partial charge in [0.15, 0.2) is 0 Å². The van der Waals surface area contributed by atoms with Crippen LogP contribution in [0.1, 0.15) is 37.4 Å². The van der Waals surface area contributed by atoms with Gasteiger partial charge in [-0.1, -0.05) is 6.92 Å². The second kappa shape index (κ2) is 5.97. The summed E-state index contributed by atoms with van der Waals surface area (Å²) in [6, 6.07) is 0.765. The lowest BCUT2D eigenvalue weighted by molar-refractivity contribution is 0.0974. The zero-order valence-electron chi connectivity index (χ0n) is 11.9. The van der Waals surface area contributed by atoms with Crippen molar-refractivity contribution in [3.8, 4) is 0 Å². The number of nitrogens with zero attached hydrogens (tertiary/aromatic N) is 4. The van der Waals surface area contributed by atoms with Crippen LogP contribution in [0.4, 0.5) is 0 Å². The molecule has 0 bridgehead atoms. The number of hydrogen-bond donors (Lipinski definition) is 0. The predicted molar refractivity (Wildman–Crippen MR) is 75.9 cm³/mol. The molecule has 19 heavy (non-hydrogen) atoms. The Kier molecular flexibility index (Phi) is 4.09. The number of hydrogen-bond acceptors (Lipinski definition) is 4. The van der Waals surface area contributed by atoms with Gasteiger partial charge in [-0.15, -0.1) is 0 Å². The number of likely N-dealkylation sites (tertiary alicyclic amines) is 1. The van der Waals surface area contributed by atoms with Gasteiger partial charge in [-0.25, -0.2) is 9.97 Å². The molecule has 1 aromatic heterocycles. The number of fused-ring (bicyclic) bond motifs is 1. The highest BCUT2D eigenvalue weighted by Crippen LogP contribution is 2.23. The third-order valence-corrected chi connectivity index (χ3v) is 4.50. The van der Waals surface area contributed by atoms with Crippen molar-refractivity contribution in [2.24, 2.45) is 0 Å². The predicted octanol–water partition coefficient (Wildman–Crippen LogP) is 1.71. The molecule has 0 aromatic carbocycles. The van der Waals surface area contributed by atoms with E-state index < -0.39 is 0 Å². The van der Waals surface area contributed by atoms with E-state index in [-0.39, 0.29) is 0 Å². The van der Waals surface area contributed by atoms with E-state index in [1.807, 2.05) is 6.20 Å². The van der Waals surface area contributed by atoms with Crippen molar-refractivity contribution in [1.82, 2.24) is 19.8 Å². The van der Waals surface area contributed by atoms with Crippen LogP contribution >= 0.6 is 0 Å². The molecule has 1 aromatic rings. The molecule has 4 heteroatoms. The average Bonchev–Trinajstić information content (AvgIpc) is 2.48. The van der Waals surface area contributed by atoms with Crippen molar-refractivity contribution in [3.63, 3.8) is 0 Å². The summed E-state index contributed by atoms with van der Waals surface area (Å²) in [6.07, 6.45) is 8.69. The maximum Gasteiger partial charge on any atom is 0.115 e. The fourth-order valence-corrected chi connectivity index (χ4v) is 3.42. The minimum atomic E-state index is 0.765. The summed E-state index contributed by atoms with van der Waals surface area (Å²) in [7, 11) is 0. The largest absolute Gasteiger partial charge is 0.303 e. The lowest BCUT2D eigenvalue weighted by Crippen LogP contribution is -2.46. The van der Waals surface area contributed by atoms with Crippen molar-refractivity contribution in [3.05, 3.63) is 23.8 Å². The molecule has 1 fully saturated rings. The third kappa shape index (κ3) is 2.95. The molecule has 3 rings (SSSR count). The van der Waals surface area contributed by atoms with Crippen LogP contribution in [-0.2, 0) is 13.0 Å². The fraction of sp³-hybridized carbons (Fsp3) is 0.733. The summed E-state index contributed by atoms with van der Waals surface area (Å²) >= 11 is 0. The maximum absolute atomic E-state index is 4.39. The smallest absolute Gasteiger partial charge is 0.115 e. The van der Waals surface area contributed by atoms with Gasteiger partial charge in [0.25, 0.3) is 0 Å². The Morgan fingerprint density at radius 3 is 2.89 bits per heavy atom. The Labute approximate surface area is 115 Å². The summed E-state index contributed by atoms with van der Waals surface area (Å²) in [5, 5.41) is 0. The third-order valence-electron chi connectivity index (χ3n) is 4.50. The van der Waals surface area contributed by atoms with Crippen LogP contribution < -0.4 is 0 Å². The monoisotopic (exact) mass is 260 g/mol. The summed E-state index contributed by atoms with van der Waals surface area (Å²) in [4.78, 5) is 13.8. The van der Waals surface area contributed by atoms with Crippen LogP contribution in [0, 0.1) is 0 Å². The summed E-state index contributed by atoms with van der Waals surface area (Å²) in [6.45, 7) is 8.30. The van der Waals surface area contributed by atoms with E-state index in [1.54, 1.807) is 6.33 Å². The van der Waals surface area contributed by atoms with E-state index in [1.165, 1.54) is 56.7 Å². The molecule has 0 saturated carbocycles. The lowest BCUT2D eigenvalue weighted by Gasteiger charge is -2.40. The second-order valence-corrected chi connectivity index (χ2v) is 5.79. The summed E-state index contributed by atoms with van der Waals surface area (Å²) in [5.74, 6) is 0. The first-order chi connectivity index (χ1) is 9.36. The number of aromatic nitrogens is 2. The molecule has 0 spiro atoms. The van der Waals surface area contributed by atoms with E-state index in [9.17, 15) is 0 Å². The van der Waals surface area contributed by atoms with Gasteiger partial charge in [-0.3, -0.25) is 4.90 Å². The Morgan fingerprint density at radius 2 is 2.11 bits per heavy atom. The van der Waals surface area contributed by atoms with Crippen LogP contribution in [-0.4, -0.2) is 52.0 Å². The van der Waals surface area contributed by atoms with Crippen molar-refractivity contribution in [2.75, 3.05) is 26.2 Å². The summed E-state index contributed by atoms with van der Waals surface area (Å²) < 4.78 is 0. The van der Waals surface area contributed by atoms with Gasteiger partial charge in [0, 0.05) is 43.0 Å². The minimum Gasteiger partial charge on any atom is -0.303 e. The molecule has 3 heterocycles. The van der Waals surface area contributed by atoms with E-state index in [0.29, 0.717) is 0 Å². The van der Waals surface area contributed by atoms with Crippen molar-refractivity contribution < 1.29 is 0 Å². The second-order valence-electron chi connectivity index (χ2n) is 5.79. The normalized spacial score (nSPS) is 22.4. The van der Waals surface area contributed by atoms with E-state index in [2.05, 4.69) is 26.7 Å². The van der Waals surface area contributed by atoms with Crippen molar-refractivity contribution >= 4 is 0 Å². The number of rotatable bonds is 3. The van der Waals surface area contributed by atoms with E-state index in [0.717, 1.165) is 19.0 Å². The molecule has 4 nitrogen and oxygen atoms in total. The average molecular weight is 260 g/mol. The molecule has 0 amide bonds. The highest BCUT2D eigenvalue weighted by atomic mass is 15.2. The zero-order chi connectivity index (χ0) is 13.1. The highest BCUT2D eigenvalue weighted by molar-refractivity contribution is 5.19. The fourth-order valence-electron chi connectivity index (χ4n) is 3.42. The van der Waals surface area contributed by atoms with E-state index >= 15 is 0 Å². The molecule has 0 atom stereocenters. The maximum atomic E-state index is 4.39. The van der Waals surface area contributed by atoms with Crippen molar-refractivity contribution in [2.45, 2.75) is 45.2 Å². The molecular formula is C15H24N4. The SMILES string of the molecule is CCCN1CCC(N2CCc3ncncc3C2)CC1. The van der Waals surface area contributed by atoms with E-state index in [4.69, 9.17) is 0 Å². The van der Waals surface area contributed by atoms with Gasteiger partial charge >= 0.3 is 0 Å². The van der Waals surface area contributed by atoms with Crippen LogP contribution in [0.5, 0.6) is 0 Å². The lowest BCUT2D eigenvalue weighted by atomic mass is 9.99. The molecule has 1 saturated heterocycles. The number of piperidine rings is 1. The van der Waals surface area contributed by atoms with Gasteiger partial charge in [-0.05, 0) is 38.9 Å². The minimum absolute atomic E-state index is 0.765. The summed E-state index contributed by atoms with van der Waals surface area (Å²) in [5.41, 5.74) is 2.60. The molecule has 0 radical (unpaired) electrons. The van der Waals surface area contributed by atoms with Gasteiger partial charge in [0.2, 0.25) is 0 Å². The Morgan fingerprint density at radius 1 is 1.26 bits per heavy atom. The molecule has 2 aliphatic heterocycles. The molecule has 0 unspecified atom stereocenters. The van der Waals surface area contributed by atoms with Crippen LogP contribution in [0.15, 0.2) is 12.5 Å². The molecule has 104 valence electrons. The standard InChI is InChI=1S/C15H24N4/c1-2-6-18-7-3-14(4-8-18)19-9-5-15-13(11-19)10-16-12-17-15/h10,12,14H,2-9,11H2,1H3. The first-order valence-corrected chi connectivity index (χ1v) is 7.61. The topological polar surface area (TPSA) is 32.3 Å². The van der Waals surface area contributed by atoms with Gasteiger partial charge in [0.1, 0.15) is 6.33 Å². The van der Waals surface area contributed by atoms with Gasteiger partial charge in [-0.2, -0.15) is 0 Å². The van der Waals surface area contributed by atoms with Crippen molar-refractivity contribution in [1.29, 1.82) is 0 Å². The van der Waals surface area contributed by atoms with Crippen LogP contribution in [0.3, 0.4) is 0 Å².